The molecule has 0 amide bonds. The van der Waals surface area contributed by atoms with Gasteiger partial charge in [0, 0.05) is 50.3 Å². The zero-order valence-electron chi connectivity index (χ0n) is 17.0. The van der Waals surface area contributed by atoms with Gasteiger partial charge < -0.3 is 20.3 Å². The van der Waals surface area contributed by atoms with Crippen LogP contribution in [0.15, 0.2) is 59.5 Å². The Bertz CT molecular complexity index is 1220. The fraction of sp³-hybridized carbons (Fsp3) is 0.227. The predicted octanol–water partition coefficient (Wildman–Crippen LogP) is 3.72. The number of piperazine rings is 1. The van der Waals surface area contributed by atoms with Crippen molar-refractivity contribution in [2.24, 2.45) is 0 Å². The van der Waals surface area contributed by atoms with E-state index in [-0.39, 0.29) is 0 Å². The van der Waals surface area contributed by atoms with Crippen molar-refractivity contribution >= 4 is 38.9 Å². The van der Waals surface area contributed by atoms with Crippen LogP contribution in [0.2, 0.25) is 0 Å². The van der Waals surface area contributed by atoms with Crippen molar-refractivity contribution in [3.05, 3.63) is 59.5 Å². The van der Waals surface area contributed by atoms with Crippen LogP contribution < -0.4 is 20.3 Å². The molecule has 1 aliphatic rings. The molecule has 0 aliphatic carbocycles. The highest BCUT2D eigenvalue weighted by atomic mass is 79.9. The quantitative estimate of drug-likeness (QED) is 0.451. The SMILES string of the molecule is COc1cc(N2CCNCC2)ccc1Nc1ncc(Br)c(-c2cnc3ccccn23)n1. The molecule has 1 fully saturated rings. The fourth-order valence-corrected chi connectivity index (χ4v) is 4.13. The van der Waals surface area contributed by atoms with Crippen molar-refractivity contribution in [1.82, 2.24) is 24.7 Å². The number of rotatable bonds is 5. The van der Waals surface area contributed by atoms with Crippen LogP contribution in [0.1, 0.15) is 0 Å². The Hall–Kier alpha value is -3.17. The summed E-state index contributed by atoms with van der Waals surface area (Å²) in [6.07, 6.45) is 5.53. The highest BCUT2D eigenvalue weighted by Crippen LogP contribution is 2.33. The zero-order chi connectivity index (χ0) is 21.2. The van der Waals surface area contributed by atoms with Crippen molar-refractivity contribution in [2.75, 3.05) is 43.5 Å². The van der Waals surface area contributed by atoms with E-state index in [1.165, 1.54) is 0 Å². The molecule has 1 saturated heterocycles. The molecule has 9 heteroatoms. The van der Waals surface area contributed by atoms with Crippen molar-refractivity contribution < 1.29 is 4.74 Å². The number of hydrogen-bond donors (Lipinski definition) is 2. The summed E-state index contributed by atoms with van der Waals surface area (Å²) in [7, 11) is 1.67. The van der Waals surface area contributed by atoms with E-state index in [1.54, 1.807) is 13.3 Å². The summed E-state index contributed by atoms with van der Waals surface area (Å²) in [4.78, 5) is 16.0. The number of methoxy groups -OCH3 is 1. The molecule has 31 heavy (non-hydrogen) atoms. The number of benzene rings is 1. The first-order valence-electron chi connectivity index (χ1n) is 10.1. The summed E-state index contributed by atoms with van der Waals surface area (Å²) in [6.45, 7) is 3.94. The van der Waals surface area contributed by atoms with Gasteiger partial charge in [0.1, 0.15) is 17.1 Å². The Kier molecular flexibility index (Phi) is 5.44. The van der Waals surface area contributed by atoms with Crippen molar-refractivity contribution in [1.29, 1.82) is 0 Å². The lowest BCUT2D eigenvalue weighted by Crippen LogP contribution is -2.43. The van der Waals surface area contributed by atoms with Gasteiger partial charge in [-0.15, -0.1) is 0 Å². The molecule has 1 aliphatic heterocycles. The molecular weight excluding hydrogens is 458 g/mol. The molecule has 0 spiro atoms. The Balaban J connectivity index is 1.46. The van der Waals surface area contributed by atoms with Gasteiger partial charge in [-0.1, -0.05) is 6.07 Å². The third kappa shape index (κ3) is 3.94. The van der Waals surface area contributed by atoms with E-state index in [4.69, 9.17) is 9.72 Å². The molecule has 4 aromatic rings. The number of pyridine rings is 1. The molecule has 5 rings (SSSR count). The van der Waals surface area contributed by atoms with E-state index in [1.807, 2.05) is 41.1 Å². The molecule has 0 atom stereocenters. The highest BCUT2D eigenvalue weighted by molar-refractivity contribution is 9.10. The second-order valence-corrected chi connectivity index (χ2v) is 8.06. The molecular formula is C22H22BrN7O. The number of halogens is 1. The zero-order valence-corrected chi connectivity index (χ0v) is 18.6. The fourth-order valence-electron chi connectivity index (χ4n) is 3.74. The molecule has 2 N–H and O–H groups in total. The lowest BCUT2D eigenvalue weighted by molar-refractivity contribution is 0.416. The smallest absolute Gasteiger partial charge is 0.227 e. The van der Waals surface area contributed by atoms with Crippen LogP contribution in [0, 0.1) is 0 Å². The number of hydrogen-bond acceptors (Lipinski definition) is 7. The number of fused-ring (bicyclic) bond motifs is 1. The lowest BCUT2D eigenvalue weighted by Gasteiger charge is -2.30. The largest absolute Gasteiger partial charge is 0.494 e. The van der Waals surface area contributed by atoms with E-state index < -0.39 is 0 Å². The van der Waals surface area contributed by atoms with Gasteiger partial charge in [0.25, 0.3) is 0 Å². The second kappa shape index (κ2) is 8.52. The van der Waals surface area contributed by atoms with Gasteiger partial charge >= 0.3 is 0 Å². The van der Waals surface area contributed by atoms with Crippen LogP contribution in [-0.4, -0.2) is 52.6 Å². The molecule has 0 unspecified atom stereocenters. The minimum absolute atomic E-state index is 0.484. The van der Waals surface area contributed by atoms with Crippen LogP contribution in [-0.2, 0) is 0 Å². The maximum absolute atomic E-state index is 5.65. The van der Waals surface area contributed by atoms with Crippen LogP contribution in [0.4, 0.5) is 17.3 Å². The lowest BCUT2D eigenvalue weighted by atomic mass is 10.2. The van der Waals surface area contributed by atoms with Crippen LogP contribution in [0.25, 0.3) is 17.0 Å². The highest BCUT2D eigenvalue weighted by Gasteiger charge is 2.16. The third-order valence-corrected chi connectivity index (χ3v) is 5.90. The topological polar surface area (TPSA) is 79.6 Å². The van der Waals surface area contributed by atoms with Gasteiger partial charge in [0.2, 0.25) is 5.95 Å². The Labute approximate surface area is 188 Å². The van der Waals surface area contributed by atoms with Gasteiger partial charge in [0.05, 0.1) is 29.2 Å². The molecule has 158 valence electrons. The summed E-state index contributed by atoms with van der Waals surface area (Å²) in [6, 6.07) is 12.1. The first kappa shape index (κ1) is 19.8. The Morgan fingerprint density at radius 1 is 1.10 bits per heavy atom. The monoisotopic (exact) mass is 479 g/mol. The average molecular weight is 480 g/mol. The summed E-state index contributed by atoms with van der Waals surface area (Å²) in [5, 5.41) is 6.68. The van der Waals surface area contributed by atoms with Gasteiger partial charge in [-0.25, -0.2) is 15.0 Å². The van der Waals surface area contributed by atoms with E-state index in [2.05, 4.69) is 53.6 Å². The number of ether oxygens (including phenoxy) is 1. The maximum atomic E-state index is 5.65. The summed E-state index contributed by atoms with van der Waals surface area (Å²) in [5.41, 5.74) is 4.46. The Morgan fingerprint density at radius 3 is 2.81 bits per heavy atom. The first-order valence-corrected chi connectivity index (χ1v) is 10.9. The second-order valence-electron chi connectivity index (χ2n) is 7.21. The molecule has 8 nitrogen and oxygen atoms in total. The molecule has 0 bridgehead atoms. The van der Waals surface area contributed by atoms with Crippen LogP contribution in [0.5, 0.6) is 5.75 Å². The van der Waals surface area contributed by atoms with Gasteiger partial charge in [0.15, 0.2) is 0 Å². The minimum atomic E-state index is 0.484. The van der Waals surface area contributed by atoms with E-state index in [0.717, 1.165) is 64.8 Å². The normalized spacial score (nSPS) is 14.1. The Morgan fingerprint density at radius 2 is 1.97 bits per heavy atom. The number of nitrogens with one attached hydrogen (secondary N) is 2. The van der Waals surface area contributed by atoms with Crippen molar-refractivity contribution in [3.63, 3.8) is 0 Å². The molecule has 3 aromatic heterocycles. The first-order chi connectivity index (χ1) is 15.2. The average Bonchev–Trinajstić information content (AvgIpc) is 3.25. The van der Waals surface area contributed by atoms with Gasteiger partial charge in [-0.05, 0) is 40.2 Å². The van der Waals surface area contributed by atoms with E-state index >= 15 is 0 Å². The molecule has 0 saturated carbocycles. The molecule has 4 heterocycles. The van der Waals surface area contributed by atoms with Crippen molar-refractivity contribution in [2.45, 2.75) is 0 Å². The van der Waals surface area contributed by atoms with E-state index in [0.29, 0.717) is 5.95 Å². The van der Waals surface area contributed by atoms with E-state index in [9.17, 15) is 0 Å². The van der Waals surface area contributed by atoms with Gasteiger partial charge in [-0.2, -0.15) is 0 Å². The number of anilines is 3. The number of aromatic nitrogens is 4. The standard InChI is InChI=1S/C22H22BrN7O/c1-31-19-12-15(29-10-7-24-8-11-29)5-6-17(19)27-22-26-13-16(23)21(28-22)18-14-25-20-4-2-3-9-30(18)20/h2-6,9,12-14,24H,7-8,10-11H2,1H3,(H,26,27,28). The third-order valence-electron chi connectivity index (χ3n) is 5.32. The van der Waals surface area contributed by atoms with Crippen LogP contribution >= 0.6 is 15.9 Å². The number of nitrogens with zero attached hydrogens (tertiary/aromatic N) is 5. The molecule has 1 aromatic carbocycles. The summed E-state index contributed by atoms with van der Waals surface area (Å²) < 4.78 is 8.44. The predicted molar refractivity (Wildman–Crippen MR) is 125 cm³/mol. The van der Waals surface area contributed by atoms with Crippen molar-refractivity contribution in [3.8, 4) is 17.1 Å². The number of imidazole rings is 1. The minimum Gasteiger partial charge on any atom is -0.494 e. The maximum Gasteiger partial charge on any atom is 0.227 e. The van der Waals surface area contributed by atoms with Crippen LogP contribution in [0.3, 0.4) is 0 Å². The summed E-state index contributed by atoms with van der Waals surface area (Å²) >= 11 is 3.58. The van der Waals surface area contributed by atoms with Gasteiger partial charge in [-0.3, -0.25) is 4.40 Å². The summed E-state index contributed by atoms with van der Waals surface area (Å²) in [5.74, 6) is 1.23. The molecule has 0 radical (unpaired) electrons.